The van der Waals surface area contributed by atoms with Crippen LogP contribution in [0.4, 0.5) is 17.1 Å². The SMILES string of the molecule is CC(=O)Nc1cc(-c2cccc(CN(CCCN)C(=O)c3ccc4c(c3)OCO4)c2)ccc1N1CCN(c2ccccc2C)CC1. The number of para-hydroxylation sites is 1. The van der Waals surface area contributed by atoms with E-state index in [0.29, 0.717) is 43.1 Å². The Hall–Kier alpha value is -5.02. The average Bonchev–Trinajstić information content (AvgIpc) is 3.55. The lowest BCUT2D eigenvalue weighted by atomic mass is 10.0. The second kappa shape index (κ2) is 14.0. The molecule has 3 N–H and O–H groups in total. The second-order valence-electron chi connectivity index (χ2n) is 11.8. The Bertz CT molecular complexity index is 1720. The summed E-state index contributed by atoms with van der Waals surface area (Å²) < 4.78 is 10.9. The molecule has 0 bridgehead atoms. The lowest BCUT2D eigenvalue weighted by molar-refractivity contribution is -0.114. The topological polar surface area (TPSA) is 100 Å². The van der Waals surface area contributed by atoms with Gasteiger partial charge in [0, 0.05) is 57.4 Å². The quantitative estimate of drug-likeness (QED) is 0.236. The number of anilines is 3. The number of hydrogen-bond donors (Lipinski definition) is 2. The van der Waals surface area contributed by atoms with Gasteiger partial charge in [0.1, 0.15) is 0 Å². The van der Waals surface area contributed by atoms with Gasteiger partial charge in [-0.25, -0.2) is 0 Å². The minimum Gasteiger partial charge on any atom is -0.454 e. The van der Waals surface area contributed by atoms with Crippen LogP contribution in [0.1, 0.15) is 34.8 Å². The number of fused-ring (bicyclic) bond motifs is 1. The van der Waals surface area contributed by atoms with E-state index < -0.39 is 0 Å². The van der Waals surface area contributed by atoms with Crippen molar-refractivity contribution in [1.29, 1.82) is 0 Å². The molecule has 2 aliphatic heterocycles. The van der Waals surface area contributed by atoms with Gasteiger partial charge in [0.25, 0.3) is 5.91 Å². The third kappa shape index (κ3) is 6.94. The van der Waals surface area contributed by atoms with Crippen molar-refractivity contribution in [3.8, 4) is 22.6 Å². The molecule has 0 radical (unpaired) electrons. The van der Waals surface area contributed by atoms with Gasteiger partial charge in [0.05, 0.1) is 11.4 Å². The van der Waals surface area contributed by atoms with Gasteiger partial charge in [-0.1, -0.05) is 42.5 Å². The fourth-order valence-corrected chi connectivity index (χ4v) is 6.20. The maximum absolute atomic E-state index is 13.6. The third-order valence-electron chi connectivity index (χ3n) is 8.56. The Morgan fingerprint density at radius 1 is 0.826 bits per heavy atom. The van der Waals surface area contributed by atoms with E-state index in [4.69, 9.17) is 15.2 Å². The fourth-order valence-electron chi connectivity index (χ4n) is 6.20. The summed E-state index contributed by atoms with van der Waals surface area (Å²) in [5.41, 5.74) is 13.7. The Morgan fingerprint density at radius 3 is 2.33 bits per heavy atom. The number of nitrogens with two attached hydrogens (primary N) is 1. The number of nitrogens with zero attached hydrogens (tertiary/aromatic N) is 3. The van der Waals surface area contributed by atoms with Crippen LogP contribution in [-0.2, 0) is 11.3 Å². The third-order valence-corrected chi connectivity index (χ3v) is 8.56. The largest absolute Gasteiger partial charge is 0.454 e. The van der Waals surface area contributed by atoms with Gasteiger partial charge in [-0.05, 0) is 84.6 Å². The average molecular weight is 620 g/mol. The number of carbonyl (C=O) groups excluding carboxylic acids is 2. The Balaban J connectivity index is 1.21. The molecular formula is C37H41N5O4. The van der Waals surface area contributed by atoms with Gasteiger partial charge >= 0.3 is 0 Å². The molecule has 9 heteroatoms. The molecule has 0 aromatic heterocycles. The number of benzene rings is 4. The number of aryl methyl sites for hydroxylation is 1. The van der Waals surface area contributed by atoms with E-state index in [2.05, 4.69) is 70.6 Å². The fraction of sp³-hybridized carbons (Fsp3) is 0.297. The number of amides is 2. The summed E-state index contributed by atoms with van der Waals surface area (Å²) in [6, 6.07) is 28.3. The summed E-state index contributed by atoms with van der Waals surface area (Å²) >= 11 is 0. The number of hydrogen-bond acceptors (Lipinski definition) is 7. The lowest BCUT2D eigenvalue weighted by Gasteiger charge is -2.38. The molecular weight excluding hydrogens is 578 g/mol. The van der Waals surface area contributed by atoms with E-state index in [1.807, 2.05) is 23.1 Å². The van der Waals surface area contributed by atoms with Crippen LogP contribution >= 0.6 is 0 Å². The van der Waals surface area contributed by atoms with Crippen LogP contribution in [0.15, 0.2) is 84.9 Å². The molecule has 4 aromatic carbocycles. The van der Waals surface area contributed by atoms with Gasteiger partial charge < -0.3 is 35.2 Å². The smallest absolute Gasteiger partial charge is 0.254 e. The highest BCUT2D eigenvalue weighted by atomic mass is 16.7. The summed E-state index contributed by atoms with van der Waals surface area (Å²) in [5.74, 6) is 1.03. The second-order valence-corrected chi connectivity index (χ2v) is 11.8. The molecule has 0 spiro atoms. The van der Waals surface area contributed by atoms with Crippen LogP contribution in [-0.4, -0.2) is 62.8 Å². The molecule has 4 aromatic rings. The van der Waals surface area contributed by atoms with E-state index >= 15 is 0 Å². The van der Waals surface area contributed by atoms with Gasteiger partial charge in [-0.15, -0.1) is 0 Å². The van der Waals surface area contributed by atoms with Crippen LogP contribution in [0.3, 0.4) is 0 Å². The van der Waals surface area contributed by atoms with E-state index in [9.17, 15) is 9.59 Å². The van der Waals surface area contributed by atoms with E-state index in [1.54, 1.807) is 25.1 Å². The van der Waals surface area contributed by atoms with Crippen molar-refractivity contribution < 1.29 is 19.1 Å². The Kier molecular flexibility index (Phi) is 9.40. The van der Waals surface area contributed by atoms with E-state index in [-0.39, 0.29) is 18.6 Å². The zero-order chi connectivity index (χ0) is 32.0. The predicted octanol–water partition coefficient (Wildman–Crippen LogP) is 5.67. The van der Waals surface area contributed by atoms with Crippen molar-refractivity contribution in [3.05, 3.63) is 102 Å². The number of ether oxygens (including phenoxy) is 2. The molecule has 2 heterocycles. The van der Waals surface area contributed by atoms with Gasteiger partial charge in [-0.2, -0.15) is 0 Å². The minimum atomic E-state index is -0.108. The first kappa shape index (κ1) is 31.0. The van der Waals surface area contributed by atoms with Crippen molar-refractivity contribution in [2.75, 3.05) is 61.2 Å². The zero-order valence-corrected chi connectivity index (χ0v) is 26.5. The molecule has 0 aliphatic carbocycles. The highest BCUT2D eigenvalue weighted by Gasteiger charge is 2.23. The summed E-state index contributed by atoms with van der Waals surface area (Å²) in [6.45, 7) is 8.82. The molecule has 0 atom stereocenters. The van der Waals surface area contributed by atoms with Crippen LogP contribution in [0.2, 0.25) is 0 Å². The maximum atomic E-state index is 13.6. The Morgan fingerprint density at radius 2 is 1.57 bits per heavy atom. The summed E-state index contributed by atoms with van der Waals surface area (Å²) in [7, 11) is 0. The number of piperazine rings is 1. The van der Waals surface area contributed by atoms with Crippen molar-refractivity contribution in [3.63, 3.8) is 0 Å². The van der Waals surface area contributed by atoms with Crippen molar-refractivity contribution >= 4 is 28.9 Å². The summed E-state index contributed by atoms with van der Waals surface area (Å²) in [5, 5.41) is 3.08. The monoisotopic (exact) mass is 619 g/mol. The highest BCUT2D eigenvalue weighted by Crippen LogP contribution is 2.35. The standard InChI is InChI=1S/C37H41N5O4/c1-26-7-3-4-10-33(26)40-17-19-41(20-18-40)34-13-11-30(22-32(34)39-27(2)43)29-9-5-8-28(21-29)24-42(16-6-15-38)37(44)31-12-14-35-36(23-31)46-25-45-35/h3-5,7-14,21-23H,6,15-20,24-25,38H2,1-2H3,(H,39,43). The Labute approximate surface area is 270 Å². The number of nitrogens with one attached hydrogen (secondary N) is 1. The molecule has 46 heavy (non-hydrogen) atoms. The molecule has 0 unspecified atom stereocenters. The normalized spacial score (nSPS) is 13.9. The highest BCUT2D eigenvalue weighted by molar-refractivity contribution is 5.95. The van der Waals surface area contributed by atoms with Crippen LogP contribution in [0.5, 0.6) is 11.5 Å². The van der Waals surface area contributed by atoms with Crippen molar-refractivity contribution in [2.45, 2.75) is 26.8 Å². The first-order valence-electron chi connectivity index (χ1n) is 15.8. The van der Waals surface area contributed by atoms with Crippen molar-refractivity contribution in [1.82, 2.24) is 4.90 Å². The molecule has 9 nitrogen and oxygen atoms in total. The van der Waals surface area contributed by atoms with Gasteiger partial charge in [0.15, 0.2) is 11.5 Å². The minimum absolute atomic E-state index is 0.0861. The van der Waals surface area contributed by atoms with Gasteiger partial charge in [-0.3, -0.25) is 9.59 Å². The molecule has 2 aliphatic rings. The predicted molar refractivity (Wildman–Crippen MR) is 183 cm³/mol. The zero-order valence-electron chi connectivity index (χ0n) is 26.5. The number of rotatable bonds is 10. The van der Waals surface area contributed by atoms with E-state index in [1.165, 1.54) is 11.3 Å². The van der Waals surface area contributed by atoms with Crippen molar-refractivity contribution in [2.24, 2.45) is 5.73 Å². The van der Waals surface area contributed by atoms with Gasteiger partial charge in [0.2, 0.25) is 12.7 Å². The molecule has 238 valence electrons. The summed E-state index contributed by atoms with van der Waals surface area (Å²) in [4.78, 5) is 32.5. The van der Waals surface area contributed by atoms with Crippen LogP contribution < -0.4 is 30.3 Å². The first-order chi connectivity index (χ1) is 22.4. The summed E-state index contributed by atoms with van der Waals surface area (Å²) in [6.07, 6.45) is 0.691. The van der Waals surface area contributed by atoms with E-state index in [0.717, 1.165) is 54.2 Å². The lowest BCUT2D eigenvalue weighted by Crippen LogP contribution is -2.47. The molecule has 6 rings (SSSR count). The molecule has 1 fully saturated rings. The van der Waals surface area contributed by atoms with Crippen LogP contribution in [0, 0.1) is 6.92 Å². The molecule has 1 saturated heterocycles. The first-order valence-corrected chi connectivity index (χ1v) is 15.8. The molecule has 2 amide bonds. The maximum Gasteiger partial charge on any atom is 0.254 e. The number of carbonyl (C=O) groups is 2. The van der Waals surface area contributed by atoms with Crippen LogP contribution in [0.25, 0.3) is 11.1 Å². The molecule has 0 saturated carbocycles.